The molecule has 5 heteroatoms. The van der Waals surface area contributed by atoms with Gasteiger partial charge in [0.15, 0.2) is 0 Å². The Morgan fingerprint density at radius 2 is 2.00 bits per heavy atom. The van der Waals surface area contributed by atoms with Gasteiger partial charge in [-0.2, -0.15) is 0 Å². The van der Waals surface area contributed by atoms with Gasteiger partial charge in [0, 0.05) is 18.5 Å². The number of hydrogen-bond donors (Lipinski definition) is 0. The number of halogens is 1. The summed E-state index contributed by atoms with van der Waals surface area (Å²) in [6.07, 6.45) is 0.597. The molecule has 1 amide bonds. The number of likely N-dealkylation sites (tertiary alicyclic amines) is 1. The maximum absolute atomic E-state index is 12.7. The van der Waals surface area contributed by atoms with Crippen LogP contribution in [0.25, 0.3) is 0 Å². The Balaban J connectivity index is 2.20. The van der Waals surface area contributed by atoms with Crippen LogP contribution in [0, 0.1) is 5.82 Å². The second-order valence-electron chi connectivity index (χ2n) is 3.79. The lowest BCUT2D eigenvalue weighted by molar-refractivity contribution is -0.126. The van der Waals surface area contributed by atoms with E-state index in [1.54, 1.807) is 11.9 Å². The normalized spacial score (nSPS) is 22.5. The number of amides is 1. The van der Waals surface area contributed by atoms with Crippen LogP contribution in [-0.2, 0) is 15.6 Å². The van der Waals surface area contributed by atoms with Crippen molar-refractivity contribution in [2.75, 3.05) is 13.6 Å². The molecule has 1 aromatic carbocycles. The predicted octanol–water partition coefficient (Wildman–Crippen LogP) is 1.16. The van der Waals surface area contributed by atoms with Crippen LogP contribution in [0.2, 0.25) is 0 Å². The van der Waals surface area contributed by atoms with Crippen molar-refractivity contribution in [3.8, 4) is 0 Å². The quantitative estimate of drug-likeness (QED) is 0.779. The molecule has 86 valence electrons. The lowest BCUT2D eigenvalue weighted by Crippen LogP contribution is -2.28. The average molecular weight is 241 g/mol. The van der Waals surface area contributed by atoms with Crippen LogP contribution < -0.4 is 0 Å². The van der Waals surface area contributed by atoms with Crippen LogP contribution in [0.4, 0.5) is 4.39 Å². The van der Waals surface area contributed by atoms with Crippen molar-refractivity contribution in [1.29, 1.82) is 0 Å². The van der Waals surface area contributed by atoms with Gasteiger partial charge >= 0.3 is 0 Å². The maximum atomic E-state index is 12.7. The van der Waals surface area contributed by atoms with Crippen molar-refractivity contribution in [2.45, 2.75) is 16.6 Å². The van der Waals surface area contributed by atoms with Crippen LogP contribution in [0.3, 0.4) is 0 Å². The van der Waals surface area contributed by atoms with Gasteiger partial charge in [-0.1, -0.05) is 0 Å². The minimum Gasteiger partial charge on any atom is -0.345 e. The van der Waals surface area contributed by atoms with E-state index in [-0.39, 0.29) is 11.7 Å². The molecule has 1 fully saturated rings. The van der Waals surface area contributed by atoms with Crippen LogP contribution in [0.5, 0.6) is 0 Å². The van der Waals surface area contributed by atoms with Crippen LogP contribution in [0.1, 0.15) is 6.42 Å². The van der Waals surface area contributed by atoms with E-state index in [1.807, 2.05) is 0 Å². The molecule has 1 aliphatic rings. The molecule has 0 aliphatic carbocycles. The third-order valence-electron chi connectivity index (χ3n) is 2.68. The number of carbonyl (C=O) groups is 1. The highest BCUT2D eigenvalue weighted by Crippen LogP contribution is 2.20. The summed E-state index contributed by atoms with van der Waals surface area (Å²) in [5, 5.41) is -0.476. The standard InChI is InChI=1S/C11H12FNO2S/c1-13-7-6-10(11(13)14)16(15)9-4-2-8(12)3-5-9/h2-5,10H,6-7H2,1H3. The van der Waals surface area contributed by atoms with E-state index in [0.29, 0.717) is 17.9 Å². The summed E-state index contributed by atoms with van der Waals surface area (Å²) >= 11 is 0. The first-order chi connectivity index (χ1) is 7.59. The highest BCUT2D eigenvalue weighted by molar-refractivity contribution is 7.86. The molecule has 2 unspecified atom stereocenters. The van der Waals surface area contributed by atoms with Crippen molar-refractivity contribution in [1.82, 2.24) is 4.90 Å². The van der Waals surface area contributed by atoms with Gasteiger partial charge in [-0.3, -0.25) is 9.00 Å². The maximum Gasteiger partial charge on any atom is 0.238 e. The Labute approximate surface area is 95.7 Å². The Morgan fingerprint density at radius 1 is 1.38 bits per heavy atom. The highest BCUT2D eigenvalue weighted by atomic mass is 32.2. The van der Waals surface area contributed by atoms with Gasteiger partial charge in [-0.25, -0.2) is 4.39 Å². The summed E-state index contributed by atoms with van der Waals surface area (Å²) in [4.78, 5) is 13.7. The summed E-state index contributed by atoms with van der Waals surface area (Å²) in [5.74, 6) is -0.460. The first kappa shape index (κ1) is 11.3. The average Bonchev–Trinajstić information content (AvgIpc) is 2.60. The lowest BCUT2D eigenvalue weighted by atomic mass is 10.3. The monoisotopic (exact) mass is 241 g/mol. The van der Waals surface area contributed by atoms with Crippen molar-refractivity contribution < 1.29 is 13.4 Å². The molecular weight excluding hydrogens is 229 g/mol. The number of rotatable bonds is 2. The predicted molar refractivity (Wildman–Crippen MR) is 58.9 cm³/mol. The van der Waals surface area contributed by atoms with Gasteiger partial charge in [0.05, 0.1) is 10.8 Å². The molecule has 0 bridgehead atoms. The SMILES string of the molecule is CN1CCC(S(=O)c2ccc(F)cc2)C1=O. The van der Waals surface area contributed by atoms with Crippen molar-refractivity contribution >= 4 is 16.7 Å². The first-order valence-electron chi connectivity index (χ1n) is 5.00. The summed E-state index contributed by atoms with van der Waals surface area (Å²) in [6.45, 7) is 0.635. The molecule has 0 N–H and O–H groups in total. The van der Waals surface area contributed by atoms with Crippen molar-refractivity contribution in [3.63, 3.8) is 0 Å². The number of nitrogens with zero attached hydrogens (tertiary/aromatic N) is 1. The van der Waals surface area contributed by atoms with E-state index >= 15 is 0 Å². The molecule has 2 rings (SSSR count). The lowest BCUT2D eigenvalue weighted by Gasteiger charge is -2.10. The summed E-state index contributed by atoms with van der Waals surface area (Å²) < 4.78 is 24.7. The minimum absolute atomic E-state index is 0.0948. The van der Waals surface area contributed by atoms with Gasteiger partial charge in [0.1, 0.15) is 11.1 Å². The second-order valence-corrected chi connectivity index (χ2v) is 5.42. The molecule has 0 aromatic heterocycles. The van der Waals surface area contributed by atoms with Gasteiger partial charge < -0.3 is 4.90 Å². The van der Waals surface area contributed by atoms with Crippen molar-refractivity contribution in [3.05, 3.63) is 30.1 Å². The molecule has 3 nitrogen and oxygen atoms in total. The van der Waals surface area contributed by atoms with E-state index in [4.69, 9.17) is 0 Å². The summed E-state index contributed by atoms with van der Waals surface area (Å²) in [7, 11) is 0.323. The van der Waals surface area contributed by atoms with E-state index in [9.17, 15) is 13.4 Å². The molecule has 1 heterocycles. The van der Waals surface area contributed by atoms with E-state index in [0.717, 1.165) is 0 Å². The zero-order chi connectivity index (χ0) is 11.7. The van der Waals surface area contributed by atoms with E-state index in [2.05, 4.69) is 0 Å². The van der Waals surface area contributed by atoms with Crippen molar-refractivity contribution in [2.24, 2.45) is 0 Å². The molecule has 2 atom stereocenters. The summed E-state index contributed by atoms with van der Waals surface area (Å²) in [5.41, 5.74) is 0. The zero-order valence-electron chi connectivity index (χ0n) is 8.85. The fraction of sp³-hybridized carbons (Fsp3) is 0.364. The molecule has 0 spiro atoms. The van der Waals surface area contributed by atoms with Crippen LogP contribution in [0.15, 0.2) is 29.2 Å². The van der Waals surface area contributed by atoms with E-state index < -0.39 is 16.0 Å². The molecule has 0 radical (unpaired) electrons. The highest BCUT2D eigenvalue weighted by Gasteiger charge is 2.34. The Kier molecular flexibility index (Phi) is 3.05. The Hall–Kier alpha value is -1.23. The number of hydrogen-bond acceptors (Lipinski definition) is 2. The van der Waals surface area contributed by atoms with Gasteiger partial charge in [-0.05, 0) is 30.7 Å². The number of benzene rings is 1. The summed E-state index contributed by atoms with van der Waals surface area (Å²) in [6, 6.07) is 5.46. The molecule has 16 heavy (non-hydrogen) atoms. The van der Waals surface area contributed by atoms with Crippen LogP contribution in [-0.4, -0.2) is 33.9 Å². The fourth-order valence-corrected chi connectivity index (χ4v) is 3.14. The minimum atomic E-state index is -1.38. The second kappa shape index (κ2) is 4.33. The smallest absolute Gasteiger partial charge is 0.238 e. The molecule has 1 aliphatic heterocycles. The zero-order valence-corrected chi connectivity index (χ0v) is 9.67. The molecule has 1 aromatic rings. The Morgan fingerprint density at radius 3 is 2.50 bits per heavy atom. The Bertz CT molecular complexity index is 432. The third kappa shape index (κ3) is 2.00. The van der Waals surface area contributed by atoms with E-state index in [1.165, 1.54) is 24.3 Å². The van der Waals surface area contributed by atoms with Crippen LogP contribution >= 0.6 is 0 Å². The topological polar surface area (TPSA) is 37.4 Å². The molecule has 0 saturated carbocycles. The third-order valence-corrected chi connectivity index (χ3v) is 4.37. The molecular formula is C11H12FNO2S. The van der Waals surface area contributed by atoms with Gasteiger partial charge in [-0.15, -0.1) is 0 Å². The van der Waals surface area contributed by atoms with Gasteiger partial charge in [0.25, 0.3) is 0 Å². The molecule has 1 saturated heterocycles. The first-order valence-corrected chi connectivity index (χ1v) is 6.22. The van der Waals surface area contributed by atoms with Gasteiger partial charge in [0.2, 0.25) is 5.91 Å². The largest absolute Gasteiger partial charge is 0.345 e. The number of carbonyl (C=O) groups excluding carboxylic acids is 1. The fourth-order valence-electron chi connectivity index (χ4n) is 1.72.